The quantitative estimate of drug-likeness (QED) is 0.138. The lowest BCUT2D eigenvalue weighted by Crippen LogP contribution is -2.67. The van der Waals surface area contributed by atoms with Crippen molar-refractivity contribution in [1.29, 1.82) is 0 Å². The molecule has 7 aliphatic rings. The van der Waals surface area contributed by atoms with E-state index in [4.69, 9.17) is 18.9 Å². The first-order valence-corrected chi connectivity index (χ1v) is 20.4. The number of rotatable bonds is 7. The lowest BCUT2D eigenvalue weighted by atomic mass is 9.33. The molecule has 0 aromatic rings. The van der Waals surface area contributed by atoms with Crippen LogP contribution in [0.5, 0.6) is 0 Å². The largest absolute Gasteiger partial charge is 0.481 e. The lowest BCUT2D eigenvalue weighted by molar-refractivity contribution is -0.352. The maximum Gasteiger partial charge on any atom is 0.310 e. The van der Waals surface area contributed by atoms with Gasteiger partial charge in [-0.2, -0.15) is 0 Å². The first kappa shape index (κ1) is 40.9. The van der Waals surface area contributed by atoms with Crippen LogP contribution in [0, 0.1) is 50.2 Å². The Bertz CT molecular complexity index is 1450. The van der Waals surface area contributed by atoms with Crippen LogP contribution in [0.2, 0.25) is 0 Å². The van der Waals surface area contributed by atoms with E-state index in [-0.39, 0.29) is 46.7 Å². The third-order valence-corrected chi connectivity index (χ3v) is 17.0. The Morgan fingerprint density at radius 1 is 0.796 bits per heavy atom. The molecule has 13 heteroatoms. The van der Waals surface area contributed by atoms with E-state index >= 15 is 0 Å². The molecule has 2 aliphatic heterocycles. The molecule has 0 aromatic carbocycles. The molecule has 2 saturated heterocycles. The highest BCUT2D eigenvalue weighted by atomic mass is 16.7. The number of carbonyl (C=O) groups is 1. The molecule has 18 atom stereocenters. The Hall–Kier alpha value is -1.23. The number of carboxylic acids is 1. The summed E-state index contributed by atoms with van der Waals surface area (Å²) in [5.74, 6) is -0.194. The van der Waals surface area contributed by atoms with Gasteiger partial charge in [-0.3, -0.25) is 4.79 Å². The molecule has 5 aliphatic carbocycles. The predicted octanol–water partition coefficient (Wildman–Crippen LogP) is 2.49. The Balaban J connectivity index is 1.08. The van der Waals surface area contributed by atoms with Gasteiger partial charge in [-0.05, 0) is 104 Å². The summed E-state index contributed by atoms with van der Waals surface area (Å²) in [4.78, 5) is 13.0. The molecule has 13 nitrogen and oxygen atoms in total. The molecule has 308 valence electrons. The van der Waals surface area contributed by atoms with Crippen LogP contribution < -0.4 is 0 Å². The number of aliphatic hydroxyl groups is 7. The standard InChI is InChI=1S/C41H66O13/c1-36(2)13-15-41(35(49)50)16-14-39(5)21(22(41)17-36)7-8-26-37(3)11-10-27(38(4,20-43)25(37)9-12-40(26,39)6)54-33-31(47)29(45)24(19-51-33)53-34-32(48)30(46)28(44)23(18-42)52-34/h7,22-34,42-48H,8-20H2,1-6H3,(H,49,50)/t22-,23+,24-,25+,26+,27-,28+,29-,30-,31+,32+,33-,34-,37-,38-,39+,40+,41-/m0/s1. The molecule has 0 radical (unpaired) electrons. The van der Waals surface area contributed by atoms with E-state index in [0.29, 0.717) is 18.8 Å². The van der Waals surface area contributed by atoms with E-state index in [2.05, 4.69) is 47.6 Å². The van der Waals surface area contributed by atoms with Gasteiger partial charge in [-0.25, -0.2) is 0 Å². The average molecular weight is 767 g/mol. The van der Waals surface area contributed by atoms with Crippen LogP contribution in [-0.4, -0.2) is 128 Å². The molecule has 0 spiro atoms. The van der Waals surface area contributed by atoms with Gasteiger partial charge in [0.15, 0.2) is 12.6 Å². The molecule has 0 bridgehead atoms. The van der Waals surface area contributed by atoms with Crippen LogP contribution in [-0.2, 0) is 23.7 Å². The number of carboxylic acid groups (broad SMARTS) is 1. The van der Waals surface area contributed by atoms with E-state index in [1.807, 2.05) is 0 Å². The second-order valence-electron chi connectivity index (χ2n) is 20.1. The van der Waals surface area contributed by atoms with Gasteiger partial charge in [0.2, 0.25) is 0 Å². The van der Waals surface area contributed by atoms with E-state index in [1.54, 1.807) is 0 Å². The molecule has 6 fully saturated rings. The van der Waals surface area contributed by atoms with Crippen LogP contribution >= 0.6 is 0 Å². The van der Waals surface area contributed by atoms with Crippen molar-refractivity contribution >= 4 is 5.97 Å². The second-order valence-corrected chi connectivity index (χ2v) is 20.1. The van der Waals surface area contributed by atoms with E-state index < -0.39 is 84.8 Å². The summed E-state index contributed by atoms with van der Waals surface area (Å²) < 4.78 is 23.6. The number of hydrogen-bond acceptors (Lipinski definition) is 12. The third kappa shape index (κ3) is 5.92. The van der Waals surface area contributed by atoms with Crippen molar-refractivity contribution < 1.29 is 64.6 Å². The summed E-state index contributed by atoms with van der Waals surface area (Å²) in [7, 11) is 0. The fourth-order valence-electron chi connectivity index (χ4n) is 13.4. The molecule has 7 rings (SSSR count). The molecule has 4 saturated carbocycles. The molecular formula is C41H66O13. The van der Waals surface area contributed by atoms with Crippen molar-refractivity contribution in [3.63, 3.8) is 0 Å². The normalized spacial score (nSPS) is 54.3. The van der Waals surface area contributed by atoms with Crippen molar-refractivity contribution in [2.24, 2.45) is 50.2 Å². The number of fused-ring (bicyclic) bond motifs is 7. The number of hydrogen-bond donors (Lipinski definition) is 8. The van der Waals surface area contributed by atoms with Crippen molar-refractivity contribution in [2.75, 3.05) is 19.8 Å². The van der Waals surface area contributed by atoms with Crippen molar-refractivity contribution in [3.05, 3.63) is 11.6 Å². The summed E-state index contributed by atoms with van der Waals surface area (Å²) in [5, 5.41) is 84.5. The number of aliphatic carboxylic acids is 1. The van der Waals surface area contributed by atoms with Gasteiger partial charge in [0.25, 0.3) is 0 Å². The van der Waals surface area contributed by atoms with Crippen molar-refractivity contribution in [3.8, 4) is 0 Å². The topological polar surface area (TPSA) is 216 Å². The third-order valence-electron chi connectivity index (χ3n) is 17.0. The Morgan fingerprint density at radius 2 is 1.48 bits per heavy atom. The summed E-state index contributed by atoms with van der Waals surface area (Å²) >= 11 is 0. The van der Waals surface area contributed by atoms with Crippen LogP contribution in [0.1, 0.15) is 106 Å². The monoisotopic (exact) mass is 766 g/mol. The summed E-state index contributed by atoms with van der Waals surface area (Å²) in [6.07, 6.45) is -2.86. The van der Waals surface area contributed by atoms with Crippen molar-refractivity contribution in [2.45, 2.75) is 167 Å². The minimum absolute atomic E-state index is 0.0344. The SMILES string of the molecule is CC1(C)CC[C@]2(C(=O)O)CC[C@]3(C)C(=CC[C@@H]4[C@@]5(C)CC[C@H](O[C@@H]6OC[C@H](O[C@@H]7O[C@H](CO)[C@@H](O)[C@H](O)[C@H]7O)[C@H](O)[C@H]6O)[C@@](C)(CO)[C@@H]5CC[C@]43C)[C@@H]2C1. The molecular weight excluding hydrogens is 700 g/mol. The fraction of sp³-hybridized carbons (Fsp3) is 0.927. The van der Waals surface area contributed by atoms with Crippen LogP contribution in [0.4, 0.5) is 0 Å². The van der Waals surface area contributed by atoms with Gasteiger partial charge in [0, 0.05) is 5.41 Å². The average Bonchev–Trinajstić information content (AvgIpc) is 3.12. The van der Waals surface area contributed by atoms with Gasteiger partial charge in [0.1, 0.15) is 42.7 Å². The highest BCUT2D eigenvalue weighted by Crippen LogP contribution is 2.76. The van der Waals surface area contributed by atoms with Crippen LogP contribution in [0.25, 0.3) is 0 Å². The maximum absolute atomic E-state index is 13.0. The Kier molecular flexibility index (Phi) is 10.6. The van der Waals surface area contributed by atoms with Gasteiger partial charge in [0.05, 0.1) is 31.3 Å². The summed E-state index contributed by atoms with van der Waals surface area (Å²) in [5.41, 5.74) is -0.234. The predicted molar refractivity (Wildman–Crippen MR) is 193 cm³/mol. The number of aliphatic hydroxyl groups excluding tert-OH is 7. The summed E-state index contributed by atoms with van der Waals surface area (Å²) in [6.45, 7) is 12.9. The van der Waals surface area contributed by atoms with Crippen molar-refractivity contribution in [1.82, 2.24) is 0 Å². The zero-order chi connectivity index (χ0) is 39.4. The Labute approximate surface area is 319 Å². The number of allylic oxidation sites excluding steroid dienone is 2. The molecule has 0 amide bonds. The Morgan fingerprint density at radius 3 is 2.15 bits per heavy atom. The van der Waals surface area contributed by atoms with E-state index in [1.165, 1.54) is 5.57 Å². The van der Waals surface area contributed by atoms with Gasteiger partial charge in [-0.1, -0.05) is 53.2 Å². The van der Waals surface area contributed by atoms with Crippen LogP contribution in [0.3, 0.4) is 0 Å². The smallest absolute Gasteiger partial charge is 0.310 e. The molecule has 54 heavy (non-hydrogen) atoms. The second kappa shape index (κ2) is 14.0. The minimum Gasteiger partial charge on any atom is -0.481 e. The first-order valence-electron chi connectivity index (χ1n) is 20.4. The van der Waals surface area contributed by atoms with Gasteiger partial charge < -0.3 is 59.8 Å². The molecule has 0 aromatic heterocycles. The molecule has 8 N–H and O–H groups in total. The number of ether oxygens (including phenoxy) is 4. The van der Waals surface area contributed by atoms with Gasteiger partial charge >= 0.3 is 5.97 Å². The maximum atomic E-state index is 13.0. The van der Waals surface area contributed by atoms with E-state index in [0.717, 1.165) is 51.4 Å². The minimum atomic E-state index is -1.68. The van der Waals surface area contributed by atoms with Gasteiger partial charge in [-0.15, -0.1) is 0 Å². The molecule has 2 heterocycles. The summed E-state index contributed by atoms with van der Waals surface area (Å²) in [6, 6.07) is 0. The zero-order valence-electron chi connectivity index (χ0n) is 32.9. The van der Waals surface area contributed by atoms with Crippen LogP contribution in [0.15, 0.2) is 11.6 Å². The fourth-order valence-corrected chi connectivity index (χ4v) is 13.4. The lowest BCUT2D eigenvalue weighted by Gasteiger charge is -2.71. The zero-order valence-corrected chi connectivity index (χ0v) is 32.9. The molecule has 0 unspecified atom stereocenters. The highest BCUT2D eigenvalue weighted by molar-refractivity contribution is 5.76. The first-order chi connectivity index (χ1) is 25.2. The highest BCUT2D eigenvalue weighted by Gasteiger charge is 2.70. The van der Waals surface area contributed by atoms with E-state index in [9.17, 15) is 45.6 Å².